The zero-order valence-corrected chi connectivity index (χ0v) is 78.7. The van der Waals surface area contributed by atoms with Crippen LogP contribution in [-0.2, 0) is 0 Å². The summed E-state index contributed by atoms with van der Waals surface area (Å²) < 4.78 is 0. The lowest BCUT2D eigenvalue weighted by Crippen LogP contribution is -2.13. The Labute approximate surface area is 836 Å². The summed E-state index contributed by atoms with van der Waals surface area (Å²) in [6, 6.07) is 194. The van der Waals surface area contributed by atoms with Gasteiger partial charge in [-0.25, -0.2) is 15.0 Å². The molecule has 9 heteroatoms. The van der Waals surface area contributed by atoms with Crippen LogP contribution in [0.25, 0.3) is 130 Å². The predicted molar refractivity (Wildman–Crippen MR) is 608 cm³/mol. The Hall–Kier alpha value is -19.4. The summed E-state index contributed by atoms with van der Waals surface area (Å²) in [6.07, 6.45) is 5.78. The van der Waals surface area contributed by atoms with Crippen LogP contribution in [0.2, 0.25) is 0 Å². The van der Waals surface area contributed by atoms with E-state index in [1.54, 1.807) is 0 Å². The van der Waals surface area contributed by atoms with E-state index < -0.39 is 0 Å². The molecule has 0 aliphatic carbocycles. The molecular weight excluding hydrogens is 1750 g/mol. The zero-order chi connectivity index (χ0) is 95.6. The molecule has 0 atom stereocenters. The second kappa shape index (κ2) is 38.2. The molecule has 0 bridgehead atoms. The molecule has 678 valence electrons. The van der Waals surface area contributed by atoms with Gasteiger partial charge in [0.1, 0.15) is 17.5 Å². The summed E-state index contributed by atoms with van der Waals surface area (Å²) in [4.78, 5) is 29.0. The van der Waals surface area contributed by atoms with E-state index in [4.69, 9.17) is 15.0 Å². The average Bonchev–Trinajstić information content (AvgIpc) is 0.726. The van der Waals surface area contributed by atoms with Gasteiger partial charge < -0.3 is 14.7 Å². The van der Waals surface area contributed by atoms with E-state index in [0.29, 0.717) is 0 Å². The number of aromatic nitrogens is 3. The maximum absolute atomic E-state index is 5.04. The van der Waals surface area contributed by atoms with E-state index in [9.17, 15) is 0 Å². The minimum atomic E-state index is 0.871. The van der Waals surface area contributed by atoms with Gasteiger partial charge in [0.25, 0.3) is 0 Å². The van der Waals surface area contributed by atoms with Gasteiger partial charge in [-0.2, -0.15) is 0 Å². The van der Waals surface area contributed by atoms with E-state index in [2.05, 4.69) is 563 Å². The smallest absolute Gasteiger partial charge is 0.145 e. The predicted octanol–water partition coefficient (Wildman–Crippen LogP) is 37.8. The van der Waals surface area contributed by atoms with E-state index >= 15 is 0 Å². The summed E-state index contributed by atoms with van der Waals surface area (Å²) in [6.45, 7) is 0. The summed E-state index contributed by atoms with van der Waals surface area (Å²) in [5.41, 5.74) is 23.4. The molecule has 144 heavy (non-hydrogen) atoms. The van der Waals surface area contributed by atoms with Crippen LogP contribution in [0, 0.1) is 0 Å². The highest BCUT2D eigenvalue weighted by molar-refractivity contribution is 6.31. The third-order valence-corrected chi connectivity index (χ3v) is 27.7. The van der Waals surface area contributed by atoms with Crippen LogP contribution in [0.15, 0.2) is 565 Å². The standard InChI is InChI=1S/3C45H31N3/c1-5-14-32(15-6-1)38-22-13-31-46-45(38)48(37-20-11-4-12-21-37)42-30-26-34-23-27-39-41(29-25-33-24-28-40(42)44(34)43(33)39)47(35-16-7-2-8-17-35)36-18-9-3-10-19-36;1-5-13-32(14-6-1)35-25-30-43(46-31-35)48(38-19-11-4-12-20-38)42-29-24-34-21-26-39-41(28-23-33-22-27-40(42)45(34)44(33)39)47(36-15-7-2-8-16-36)37-17-9-3-10-18-37;1-5-13-32(14-6-1)35-29-30-46-43(31-35)48(38-19-11-4-12-20-38)42-28-24-34-21-25-39-41(27-23-33-22-26-40(42)45(34)44(33)39)47(36-15-7-2-8-16-36)37-17-9-3-10-18-37/h3*1-31H. The van der Waals surface area contributed by atoms with Gasteiger partial charge in [0.15, 0.2) is 0 Å². The zero-order valence-electron chi connectivity index (χ0n) is 78.7. The number of rotatable bonds is 21. The van der Waals surface area contributed by atoms with Crippen molar-refractivity contribution in [3.8, 4) is 33.4 Å². The van der Waals surface area contributed by atoms with Gasteiger partial charge >= 0.3 is 0 Å². The van der Waals surface area contributed by atoms with Crippen molar-refractivity contribution in [2.75, 3.05) is 29.4 Å². The summed E-state index contributed by atoms with van der Waals surface area (Å²) in [5, 5.41) is 22.1. The van der Waals surface area contributed by atoms with Crippen LogP contribution >= 0.6 is 0 Å². The number of pyridine rings is 3. The Kier molecular flexibility index (Phi) is 22.9. The minimum absolute atomic E-state index is 0.871. The average molecular weight is 1840 g/mol. The molecule has 9 nitrogen and oxygen atoms in total. The number of benzene rings is 24. The molecule has 0 fully saturated rings. The van der Waals surface area contributed by atoms with Crippen molar-refractivity contribution in [3.05, 3.63) is 565 Å². The molecule has 0 saturated carbocycles. The number of anilines is 18. The largest absolute Gasteiger partial charge is 0.310 e. The minimum Gasteiger partial charge on any atom is -0.310 e. The second-order valence-electron chi connectivity index (χ2n) is 36.1. The monoisotopic (exact) mass is 1840 g/mol. The fourth-order valence-corrected chi connectivity index (χ4v) is 21.2. The Balaban J connectivity index is 0.000000113. The van der Waals surface area contributed by atoms with Crippen LogP contribution in [0.5, 0.6) is 0 Å². The highest BCUT2D eigenvalue weighted by Crippen LogP contribution is 2.54. The molecule has 27 aromatic rings. The van der Waals surface area contributed by atoms with E-state index in [0.717, 1.165) is 131 Å². The van der Waals surface area contributed by atoms with Crippen molar-refractivity contribution >= 4 is 200 Å². The maximum Gasteiger partial charge on any atom is 0.145 e. The number of nitrogens with zero attached hydrogens (tertiary/aromatic N) is 9. The fraction of sp³-hybridized carbons (Fsp3) is 0. The van der Waals surface area contributed by atoms with E-state index in [1.807, 2.05) is 30.7 Å². The second-order valence-corrected chi connectivity index (χ2v) is 36.1. The first kappa shape index (κ1) is 86.2. The molecule has 3 aromatic heterocycles. The van der Waals surface area contributed by atoms with Crippen molar-refractivity contribution in [1.82, 2.24) is 15.0 Å². The summed E-state index contributed by atoms with van der Waals surface area (Å²) in [5.74, 6) is 2.64. The van der Waals surface area contributed by atoms with Crippen molar-refractivity contribution in [2.24, 2.45) is 0 Å². The number of hydrogen-bond acceptors (Lipinski definition) is 9. The van der Waals surface area contributed by atoms with Crippen molar-refractivity contribution in [3.63, 3.8) is 0 Å². The van der Waals surface area contributed by atoms with Crippen molar-refractivity contribution in [1.29, 1.82) is 0 Å². The van der Waals surface area contributed by atoms with Gasteiger partial charge in [-0.1, -0.05) is 364 Å². The lowest BCUT2D eigenvalue weighted by atomic mass is 9.91. The first-order chi connectivity index (χ1) is 71.5. The van der Waals surface area contributed by atoms with Gasteiger partial charge in [0, 0.05) is 113 Å². The van der Waals surface area contributed by atoms with Crippen LogP contribution in [0.4, 0.5) is 103 Å². The van der Waals surface area contributed by atoms with Gasteiger partial charge in [-0.15, -0.1) is 0 Å². The van der Waals surface area contributed by atoms with Crippen LogP contribution in [0.1, 0.15) is 0 Å². The molecule has 0 aliphatic rings. The highest BCUT2D eigenvalue weighted by Gasteiger charge is 2.29. The van der Waals surface area contributed by atoms with Crippen LogP contribution in [0.3, 0.4) is 0 Å². The van der Waals surface area contributed by atoms with Gasteiger partial charge in [-0.3, -0.25) is 14.7 Å². The number of hydrogen-bond donors (Lipinski definition) is 0. The first-order valence-electron chi connectivity index (χ1n) is 48.9. The Morgan fingerprint density at radius 2 is 0.382 bits per heavy atom. The molecule has 0 unspecified atom stereocenters. The Bertz CT molecular complexity index is 9050. The van der Waals surface area contributed by atoms with Crippen molar-refractivity contribution < 1.29 is 0 Å². The lowest BCUT2D eigenvalue weighted by Gasteiger charge is -2.29. The molecular formula is C135H93N9. The molecule has 0 radical (unpaired) electrons. The van der Waals surface area contributed by atoms with E-state index in [-0.39, 0.29) is 0 Å². The third-order valence-electron chi connectivity index (χ3n) is 27.7. The molecule has 24 aromatic carbocycles. The molecule has 0 amide bonds. The summed E-state index contributed by atoms with van der Waals surface area (Å²) in [7, 11) is 0. The first-order valence-corrected chi connectivity index (χ1v) is 48.9. The molecule has 0 spiro atoms. The van der Waals surface area contributed by atoms with Gasteiger partial charge in [-0.05, 0) is 269 Å². The molecule has 0 N–H and O–H groups in total. The molecule has 0 aliphatic heterocycles. The van der Waals surface area contributed by atoms with Crippen molar-refractivity contribution in [2.45, 2.75) is 0 Å². The lowest BCUT2D eigenvalue weighted by molar-refractivity contribution is 1.19. The van der Waals surface area contributed by atoms with Crippen LogP contribution in [-0.4, -0.2) is 15.0 Å². The quantitative estimate of drug-likeness (QED) is 0.0655. The Morgan fingerprint density at radius 1 is 0.139 bits per heavy atom. The molecule has 3 heterocycles. The topological polar surface area (TPSA) is 58.1 Å². The summed E-state index contributed by atoms with van der Waals surface area (Å²) >= 11 is 0. The maximum atomic E-state index is 5.04. The molecule has 27 rings (SSSR count). The normalized spacial score (nSPS) is 11.3. The third kappa shape index (κ3) is 16.1. The van der Waals surface area contributed by atoms with Gasteiger partial charge in [0.2, 0.25) is 0 Å². The van der Waals surface area contributed by atoms with Gasteiger partial charge in [0.05, 0.1) is 34.1 Å². The highest BCUT2D eigenvalue weighted by atomic mass is 15.2. The SMILES string of the molecule is c1ccc(-c2ccc(N(c3ccccc3)c3ccc4ccc5c(N(c6ccccc6)c6ccccc6)ccc6ccc3c4c65)nc2)cc1.c1ccc(-c2cccnc2N(c2ccccc2)c2ccc3ccc4c(N(c5ccccc5)c5ccccc5)ccc5ccc2c3c54)cc1.c1ccc(-c2ccnc(N(c3ccccc3)c3ccc4ccc5c(N(c6ccccc6)c6ccccc6)ccc6ccc3c4c65)c2)cc1. The number of para-hydroxylation sites is 9. The Morgan fingerprint density at radius 3 is 0.674 bits per heavy atom. The molecule has 0 saturated heterocycles. The van der Waals surface area contributed by atoms with E-state index in [1.165, 1.54) is 103 Å². The fourth-order valence-electron chi connectivity index (χ4n) is 21.2. The van der Waals surface area contributed by atoms with Crippen LogP contribution < -0.4 is 29.4 Å².